The van der Waals surface area contributed by atoms with Crippen LogP contribution in [0.25, 0.3) is 10.1 Å². The number of hydrogen-bond donors (Lipinski definition) is 1. The minimum Gasteiger partial charge on any atom is -0.481 e. The van der Waals surface area contributed by atoms with Gasteiger partial charge in [0, 0.05) is 35.8 Å². The Morgan fingerprint density at radius 3 is 2.95 bits per heavy atom. The van der Waals surface area contributed by atoms with Gasteiger partial charge in [0.05, 0.1) is 0 Å². The largest absolute Gasteiger partial charge is 0.481 e. The molecule has 0 spiro atoms. The third kappa shape index (κ3) is 2.77. The van der Waals surface area contributed by atoms with Gasteiger partial charge in [-0.3, -0.25) is 4.79 Å². The van der Waals surface area contributed by atoms with Crippen LogP contribution in [-0.2, 0) is 4.79 Å². The van der Waals surface area contributed by atoms with Crippen LogP contribution in [0.1, 0.15) is 25.7 Å². The van der Waals surface area contributed by atoms with Gasteiger partial charge in [-0.1, -0.05) is 0 Å². The van der Waals surface area contributed by atoms with Crippen molar-refractivity contribution in [3.05, 3.63) is 23.7 Å². The number of rotatable bonds is 4. The highest BCUT2D eigenvalue weighted by Gasteiger charge is 2.21. The highest BCUT2D eigenvalue weighted by Crippen LogP contribution is 2.31. The number of fused-ring (bicyclic) bond motifs is 1. The molecule has 0 bridgehead atoms. The fraction of sp³-hybridized carbons (Fsp3) is 0.467. The quantitative estimate of drug-likeness (QED) is 0.938. The lowest BCUT2D eigenvalue weighted by molar-refractivity contribution is -0.137. The van der Waals surface area contributed by atoms with E-state index >= 15 is 0 Å². The topological polar surface area (TPSA) is 53.4 Å². The van der Waals surface area contributed by atoms with E-state index in [2.05, 4.69) is 27.4 Å². The average molecular weight is 290 g/mol. The van der Waals surface area contributed by atoms with Gasteiger partial charge in [0.2, 0.25) is 0 Å². The van der Waals surface area contributed by atoms with Crippen LogP contribution >= 0.6 is 11.3 Å². The van der Waals surface area contributed by atoms with Crippen molar-refractivity contribution in [1.82, 2.24) is 4.98 Å². The summed E-state index contributed by atoms with van der Waals surface area (Å²) in [5.74, 6) is 0.946. The Morgan fingerprint density at radius 2 is 2.20 bits per heavy atom. The molecule has 1 aliphatic heterocycles. The van der Waals surface area contributed by atoms with Gasteiger partial charge in [-0.05, 0) is 42.7 Å². The number of hydrogen-bond acceptors (Lipinski definition) is 4. The number of carboxylic acids is 1. The second-order valence-corrected chi connectivity index (χ2v) is 6.28. The number of piperidine rings is 1. The molecular formula is C15H18N2O2S. The number of aromatic nitrogens is 1. The van der Waals surface area contributed by atoms with E-state index < -0.39 is 5.97 Å². The van der Waals surface area contributed by atoms with Crippen molar-refractivity contribution in [2.24, 2.45) is 5.92 Å². The van der Waals surface area contributed by atoms with Crippen molar-refractivity contribution < 1.29 is 9.90 Å². The van der Waals surface area contributed by atoms with Gasteiger partial charge in [-0.2, -0.15) is 0 Å². The van der Waals surface area contributed by atoms with Crippen molar-refractivity contribution >= 4 is 33.2 Å². The summed E-state index contributed by atoms with van der Waals surface area (Å²) in [4.78, 5) is 17.5. The van der Waals surface area contributed by atoms with Gasteiger partial charge in [0.25, 0.3) is 0 Å². The van der Waals surface area contributed by atoms with Crippen LogP contribution in [0.5, 0.6) is 0 Å². The summed E-state index contributed by atoms with van der Waals surface area (Å²) in [5, 5.41) is 12.1. The Labute approximate surface area is 122 Å². The first kappa shape index (κ1) is 13.4. The van der Waals surface area contributed by atoms with Crippen molar-refractivity contribution in [2.45, 2.75) is 25.7 Å². The lowest BCUT2D eigenvalue weighted by Gasteiger charge is -2.33. The van der Waals surface area contributed by atoms with Gasteiger partial charge < -0.3 is 10.0 Å². The molecule has 2 aromatic rings. The fourth-order valence-electron chi connectivity index (χ4n) is 2.89. The van der Waals surface area contributed by atoms with Crippen LogP contribution < -0.4 is 4.90 Å². The molecule has 0 aromatic carbocycles. The minimum atomic E-state index is -0.683. The van der Waals surface area contributed by atoms with Crippen molar-refractivity contribution in [1.29, 1.82) is 0 Å². The van der Waals surface area contributed by atoms with Gasteiger partial charge in [0.15, 0.2) is 0 Å². The molecule has 106 valence electrons. The standard InChI is InChI=1S/C15H18N2O2S/c18-14(19)2-1-11-4-8-17(9-5-11)15-12-6-10-20-13(12)3-7-16-15/h3,6-7,10-11H,1-2,4-5,8-9H2,(H,18,19). The maximum Gasteiger partial charge on any atom is 0.303 e. The number of anilines is 1. The third-order valence-electron chi connectivity index (χ3n) is 4.04. The van der Waals surface area contributed by atoms with Crippen molar-refractivity contribution in [3.63, 3.8) is 0 Å². The molecule has 0 saturated carbocycles. The van der Waals surface area contributed by atoms with Gasteiger partial charge in [0.1, 0.15) is 5.82 Å². The van der Waals surface area contributed by atoms with E-state index in [0.717, 1.165) is 38.2 Å². The number of carboxylic acid groups (broad SMARTS) is 1. The molecule has 4 nitrogen and oxygen atoms in total. The van der Waals surface area contributed by atoms with Crippen LogP contribution in [0, 0.1) is 5.92 Å². The molecule has 0 amide bonds. The smallest absolute Gasteiger partial charge is 0.303 e. The van der Waals surface area contributed by atoms with E-state index in [0.29, 0.717) is 12.3 Å². The van der Waals surface area contributed by atoms with Crippen LogP contribution in [0.3, 0.4) is 0 Å². The molecule has 5 heteroatoms. The zero-order valence-electron chi connectivity index (χ0n) is 11.3. The summed E-state index contributed by atoms with van der Waals surface area (Å²) < 4.78 is 1.28. The molecule has 3 rings (SSSR count). The van der Waals surface area contributed by atoms with Crippen LogP contribution in [0.15, 0.2) is 23.7 Å². The molecule has 3 heterocycles. The SMILES string of the molecule is O=C(O)CCC1CCN(c2nccc3sccc23)CC1. The predicted octanol–water partition coefficient (Wildman–Crippen LogP) is 3.38. The third-order valence-corrected chi connectivity index (χ3v) is 4.92. The zero-order chi connectivity index (χ0) is 13.9. The van der Waals surface area contributed by atoms with Gasteiger partial charge in [-0.15, -0.1) is 11.3 Å². The van der Waals surface area contributed by atoms with Crippen LogP contribution in [0.2, 0.25) is 0 Å². The highest BCUT2D eigenvalue weighted by molar-refractivity contribution is 7.17. The first-order valence-electron chi connectivity index (χ1n) is 7.03. The molecule has 1 saturated heterocycles. The summed E-state index contributed by atoms with van der Waals surface area (Å²) >= 11 is 1.75. The van der Waals surface area contributed by atoms with Gasteiger partial charge in [-0.25, -0.2) is 4.98 Å². The molecule has 0 atom stereocenters. The maximum atomic E-state index is 10.6. The summed E-state index contributed by atoms with van der Waals surface area (Å²) in [6, 6.07) is 4.20. The lowest BCUT2D eigenvalue weighted by Crippen LogP contribution is -2.34. The molecule has 1 N–H and O–H groups in total. The summed E-state index contributed by atoms with van der Waals surface area (Å²) in [6.45, 7) is 1.96. The second-order valence-electron chi connectivity index (χ2n) is 5.33. The fourth-order valence-corrected chi connectivity index (χ4v) is 3.67. The first-order valence-corrected chi connectivity index (χ1v) is 7.91. The zero-order valence-corrected chi connectivity index (χ0v) is 12.1. The van der Waals surface area contributed by atoms with E-state index in [1.165, 1.54) is 10.1 Å². The molecule has 1 aliphatic rings. The molecule has 20 heavy (non-hydrogen) atoms. The normalized spacial score (nSPS) is 16.7. The van der Waals surface area contributed by atoms with Crippen molar-refractivity contribution in [3.8, 4) is 0 Å². The number of carbonyl (C=O) groups is 1. The van der Waals surface area contributed by atoms with Gasteiger partial charge >= 0.3 is 5.97 Å². The van der Waals surface area contributed by atoms with E-state index in [1.807, 2.05) is 6.20 Å². The maximum absolute atomic E-state index is 10.6. The molecule has 1 fully saturated rings. The molecule has 0 unspecified atom stereocenters. The molecule has 0 radical (unpaired) electrons. The van der Waals surface area contributed by atoms with E-state index in [4.69, 9.17) is 5.11 Å². The minimum absolute atomic E-state index is 0.295. The Balaban J connectivity index is 1.66. The lowest BCUT2D eigenvalue weighted by atomic mass is 9.92. The monoisotopic (exact) mass is 290 g/mol. The molecule has 2 aromatic heterocycles. The van der Waals surface area contributed by atoms with Crippen molar-refractivity contribution in [2.75, 3.05) is 18.0 Å². The van der Waals surface area contributed by atoms with E-state index in [-0.39, 0.29) is 0 Å². The first-order chi connectivity index (χ1) is 9.74. The Morgan fingerprint density at radius 1 is 1.40 bits per heavy atom. The predicted molar refractivity (Wildman–Crippen MR) is 81.4 cm³/mol. The molecular weight excluding hydrogens is 272 g/mol. The summed E-state index contributed by atoms with van der Waals surface area (Å²) in [5.41, 5.74) is 0. The highest BCUT2D eigenvalue weighted by atomic mass is 32.1. The van der Waals surface area contributed by atoms with Crippen LogP contribution in [-0.4, -0.2) is 29.1 Å². The van der Waals surface area contributed by atoms with Crippen LogP contribution in [0.4, 0.5) is 5.82 Å². The Hall–Kier alpha value is -1.62. The van der Waals surface area contributed by atoms with E-state index in [9.17, 15) is 4.79 Å². The van der Waals surface area contributed by atoms with E-state index in [1.54, 1.807) is 11.3 Å². The number of thiophene rings is 1. The number of nitrogens with zero attached hydrogens (tertiary/aromatic N) is 2. The Bertz CT molecular complexity index is 603. The summed E-state index contributed by atoms with van der Waals surface area (Å²) in [7, 11) is 0. The summed E-state index contributed by atoms with van der Waals surface area (Å²) in [6.07, 6.45) is 5.11. The second kappa shape index (κ2) is 5.79. The number of aliphatic carboxylic acids is 1. The Kier molecular flexibility index (Phi) is 3.87. The average Bonchev–Trinajstić information content (AvgIpc) is 2.94. The number of pyridine rings is 1. The molecule has 0 aliphatic carbocycles.